The lowest BCUT2D eigenvalue weighted by Crippen LogP contribution is -2.04. The summed E-state index contributed by atoms with van der Waals surface area (Å²) < 4.78 is 51.6. The molecule has 0 saturated carbocycles. The molecule has 0 amide bonds. The number of aromatic hydroxyl groups is 1. The molecule has 0 saturated heterocycles. The molecule has 0 aliphatic rings. The highest BCUT2D eigenvalue weighted by molar-refractivity contribution is 5.71. The molecule has 1 nitrogen and oxygen atoms in total. The number of hydrogen-bond donors (Lipinski definition) is 1. The first-order valence-electron chi connectivity index (χ1n) is 5.46. The first kappa shape index (κ1) is 13.4. The summed E-state index contributed by atoms with van der Waals surface area (Å²) in [7, 11) is 0. The van der Waals surface area contributed by atoms with Crippen molar-refractivity contribution in [1.29, 1.82) is 0 Å². The summed E-state index contributed by atoms with van der Waals surface area (Å²) in [6.45, 7) is 1.67. The summed E-state index contributed by atoms with van der Waals surface area (Å²) in [5.41, 5.74) is -0.519. The highest BCUT2D eigenvalue weighted by Crippen LogP contribution is 2.37. The fraction of sp³-hybridized carbons (Fsp3) is 0.143. The third-order valence-corrected chi connectivity index (χ3v) is 2.74. The van der Waals surface area contributed by atoms with E-state index in [1.165, 1.54) is 12.1 Å². The van der Waals surface area contributed by atoms with Crippen LogP contribution in [0.3, 0.4) is 0 Å². The van der Waals surface area contributed by atoms with Crippen LogP contribution in [0, 0.1) is 12.7 Å². The molecule has 5 heteroatoms. The van der Waals surface area contributed by atoms with Crippen LogP contribution < -0.4 is 0 Å². The van der Waals surface area contributed by atoms with Gasteiger partial charge >= 0.3 is 6.18 Å². The van der Waals surface area contributed by atoms with Crippen LogP contribution in [0.4, 0.5) is 17.6 Å². The molecule has 19 heavy (non-hydrogen) atoms. The normalized spacial score (nSPS) is 11.6. The van der Waals surface area contributed by atoms with Crippen LogP contribution in [0.25, 0.3) is 11.1 Å². The van der Waals surface area contributed by atoms with Crippen molar-refractivity contribution in [2.45, 2.75) is 13.1 Å². The molecule has 0 heterocycles. The molecule has 2 rings (SSSR count). The average molecular weight is 270 g/mol. The number of halogens is 4. The van der Waals surface area contributed by atoms with E-state index < -0.39 is 23.3 Å². The molecule has 0 fully saturated rings. The second kappa shape index (κ2) is 4.57. The standard InChI is InChI=1S/C14H10F4O/c1-8-2-4-10(12(15)6-8)11-7-9(14(16,17)18)3-5-13(11)19/h2-7,19H,1H3. The number of hydrogen-bond acceptors (Lipinski definition) is 1. The van der Waals surface area contributed by atoms with Crippen LogP contribution in [-0.2, 0) is 6.18 Å². The summed E-state index contributed by atoms with van der Waals surface area (Å²) >= 11 is 0. The lowest BCUT2D eigenvalue weighted by molar-refractivity contribution is -0.137. The van der Waals surface area contributed by atoms with Crippen molar-refractivity contribution in [3.05, 3.63) is 53.3 Å². The third kappa shape index (κ3) is 2.70. The van der Waals surface area contributed by atoms with Crippen molar-refractivity contribution < 1.29 is 22.7 Å². The molecular formula is C14H10F4O. The largest absolute Gasteiger partial charge is 0.507 e. The van der Waals surface area contributed by atoms with E-state index in [2.05, 4.69) is 0 Å². The average Bonchev–Trinajstić information content (AvgIpc) is 2.29. The molecule has 0 bridgehead atoms. The molecule has 0 spiro atoms. The molecule has 0 aliphatic carbocycles. The van der Waals surface area contributed by atoms with Gasteiger partial charge in [0.1, 0.15) is 11.6 Å². The highest BCUT2D eigenvalue weighted by Gasteiger charge is 2.31. The zero-order valence-corrected chi connectivity index (χ0v) is 9.92. The van der Waals surface area contributed by atoms with Gasteiger partial charge < -0.3 is 5.11 Å². The van der Waals surface area contributed by atoms with Crippen molar-refractivity contribution >= 4 is 0 Å². The maximum absolute atomic E-state index is 13.8. The van der Waals surface area contributed by atoms with E-state index in [1.807, 2.05) is 0 Å². The number of aryl methyl sites for hydroxylation is 1. The second-order valence-corrected chi connectivity index (χ2v) is 4.21. The number of phenolic OH excluding ortho intramolecular Hbond substituents is 1. The molecular weight excluding hydrogens is 260 g/mol. The summed E-state index contributed by atoms with van der Waals surface area (Å²) in [4.78, 5) is 0. The molecule has 0 aromatic heterocycles. The molecule has 0 aliphatic heterocycles. The van der Waals surface area contributed by atoms with Gasteiger partial charge in [-0.25, -0.2) is 4.39 Å². The van der Waals surface area contributed by atoms with Gasteiger partial charge in [0.05, 0.1) is 5.56 Å². The van der Waals surface area contributed by atoms with Crippen LogP contribution in [0.1, 0.15) is 11.1 Å². The van der Waals surface area contributed by atoms with E-state index >= 15 is 0 Å². The monoisotopic (exact) mass is 270 g/mol. The number of benzene rings is 2. The van der Waals surface area contributed by atoms with Crippen molar-refractivity contribution in [3.8, 4) is 16.9 Å². The van der Waals surface area contributed by atoms with E-state index in [1.54, 1.807) is 13.0 Å². The molecule has 1 N–H and O–H groups in total. The fourth-order valence-corrected chi connectivity index (χ4v) is 1.77. The maximum Gasteiger partial charge on any atom is 0.416 e. The Kier molecular flexibility index (Phi) is 3.22. The second-order valence-electron chi connectivity index (χ2n) is 4.21. The van der Waals surface area contributed by atoms with Crippen molar-refractivity contribution in [1.82, 2.24) is 0 Å². The van der Waals surface area contributed by atoms with E-state index in [0.717, 1.165) is 18.2 Å². The lowest BCUT2D eigenvalue weighted by atomic mass is 10.00. The summed E-state index contributed by atoms with van der Waals surface area (Å²) in [6, 6.07) is 6.53. The highest BCUT2D eigenvalue weighted by atomic mass is 19.4. The fourth-order valence-electron chi connectivity index (χ4n) is 1.77. The van der Waals surface area contributed by atoms with Crippen LogP contribution in [0.2, 0.25) is 0 Å². The molecule has 2 aromatic carbocycles. The Balaban J connectivity index is 2.61. The van der Waals surface area contributed by atoms with E-state index in [-0.39, 0.29) is 11.1 Å². The smallest absolute Gasteiger partial charge is 0.416 e. The zero-order valence-electron chi connectivity index (χ0n) is 9.92. The van der Waals surface area contributed by atoms with Crippen molar-refractivity contribution in [3.63, 3.8) is 0 Å². The van der Waals surface area contributed by atoms with Gasteiger partial charge in [0, 0.05) is 11.1 Å². The third-order valence-electron chi connectivity index (χ3n) is 2.74. The minimum Gasteiger partial charge on any atom is -0.507 e. The molecule has 0 unspecified atom stereocenters. The van der Waals surface area contributed by atoms with Crippen LogP contribution >= 0.6 is 0 Å². The zero-order chi connectivity index (χ0) is 14.2. The Morgan fingerprint density at radius 1 is 0.947 bits per heavy atom. The van der Waals surface area contributed by atoms with Gasteiger partial charge in [-0.2, -0.15) is 13.2 Å². The van der Waals surface area contributed by atoms with E-state index in [4.69, 9.17) is 0 Å². The topological polar surface area (TPSA) is 20.2 Å². The Morgan fingerprint density at radius 2 is 1.63 bits per heavy atom. The van der Waals surface area contributed by atoms with Gasteiger partial charge in [0.25, 0.3) is 0 Å². The van der Waals surface area contributed by atoms with Crippen LogP contribution in [-0.4, -0.2) is 5.11 Å². The van der Waals surface area contributed by atoms with Gasteiger partial charge in [0.15, 0.2) is 0 Å². The quantitative estimate of drug-likeness (QED) is 0.755. The summed E-state index contributed by atoms with van der Waals surface area (Å²) in [5.74, 6) is -1.06. The van der Waals surface area contributed by atoms with E-state index in [9.17, 15) is 22.7 Å². The lowest BCUT2D eigenvalue weighted by Gasteiger charge is -2.11. The Labute approximate surface area is 107 Å². The predicted octanol–water partition coefficient (Wildman–Crippen LogP) is 4.53. The Bertz CT molecular complexity index is 617. The van der Waals surface area contributed by atoms with Gasteiger partial charge in [-0.15, -0.1) is 0 Å². The van der Waals surface area contributed by atoms with Gasteiger partial charge in [-0.1, -0.05) is 12.1 Å². The van der Waals surface area contributed by atoms with Gasteiger partial charge in [0.2, 0.25) is 0 Å². The maximum atomic E-state index is 13.8. The Morgan fingerprint density at radius 3 is 2.21 bits per heavy atom. The first-order valence-corrected chi connectivity index (χ1v) is 5.46. The molecule has 100 valence electrons. The Hall–Kier alpha value is -2.04. The minimum atomic E-state index is -4.54. The van der Waals surface area contributed by atoms with Crippen molar-refractivity contribution in [2.75, 3.05) is 0 Å². The van der Waals surface area contributed by atoms with Gasteiger partial charge in [-0.3, -0.25) is 0 Å². The molecule has 0 atom stereocenters. The van der Waals surface area contributed by atoms with Crippen LogP contribution in [0.5, 0.6) is 5.75 Å². The number of alkyl halides is 3. The van der Waals surface area contributed by atoms with Gasteiger partial charge in [-0.05, 0) is 36.8 Å². The van der Waals surface area contributed by atoms with E-state index in [0.29, 0.717) is 5.56 Å². The summed E-state index contributed by atoms with van der Waals surface area (Å²) in [5, 5.41) is 9.61. The SMILES string of the molecule is Cc1ccc(-c2cc(C(F)(F)F)ccc2O)c(F)c1. The molecule has 2 aromatic rings. The first-order chi connectivity index (χ1) is 8.79. The number of phenols is 1. The number of rotatable bonds is 1. The molecule has 0 radical (unpaired) electrons. The minimum absolute atomic E-state index is 0.0609. The predicted molar refractivity (Wildman–Crippen MR) is 63.2 cm³/mol. The van der Waals surface area contributed by atoms with Crippen molar-refractivity contribution in [2.24, 2.45) is 0 Å². The summed E-state index contributed by atoms with van der Waals surface area (Å²) in [6.07, 6.45) is -4.54. The van der Waals surface area contributed by atoms with Crippen LogP contribution in [0.15, 0.2) is 36.4 Å².